The Kier molecular flexibility index (Phi) is 5.22. The highest BCUT2D eigenvalue weighted by Gasteiger charge is 2.21. The van der Waals surface area contributed by atoms with Crippen LogP contribution in [-0.4, -0.2) is 43.5 Å². The Bertz CT molecular complexity index is 446. The van der Waals surface area contributed by atoms with E-state index in [1.807, 2.05) is 20.8 Å². The zero-order chi connectivity index (χ0) is 14.6. The smallest absolute Gasteiger partial charge is 0.354 e. The summed E-state index contributed by atoms with van der Waals surface area (Å²) in [5, 5.41) is 22.3. The van der Waals surface area contributed by atoms with Crippen LogP contribution in [0.4, 0.5) is 0 Å². The Morgan fingerprint density at radius 2 is 2.11 bits per heavy atom. The molecule has 0 fully saturated rings. The third-order valence-electron chi connectivity index (χ3n) is 2.53. The minimum Gasteiger partial charge on any atom is -0.477 e. The predicted molar refractivity (Wildman–Crippen MR) is 73.4 cm³/mol. The maximum Gasteiger partial charge on any atom is 0.354 e. The van der Waals surface area contributed by atoms with Gasteiger partial charge in [0, 0.05) is 15.8 Å². The lowest BCUT2D eigenvalue weighted by atomic mass is 10.1. The van der Waals surface area contributed by atoms with Crippen LogP contribution in [0.1, 0.15) is 43.1 Å². The highest BCUT2D eigenvalue weighted by molar-refractivity contribution is 6.12. The van der Waals surface area contributed by atoms with Crippen LogP contribution in [-0.2, 0) is 0 Å². The molecule has 6 heteroatoms. The summed E-state index contributed by atoms with van der Waals surface area (Å²) in [7, 11) is 3.45. The molecule has 1 unspecified atom stereocenters. The average molecular weight is 279 g/mol. The van der Waals surface area contributed by atoms with E-state index in [0.29, 0.717) is 12.2 Å². The second-order valence-electron chi connectivity index (χ2n) is 5.44. The van der Waals surface area contributed by atoms with Crippen molar-refractivity contribution in [2.24, 2.45) is 0 Å². The maximum atomic E-state index is 10.8. The van der Waals surface area contributed by atoms with Crippen LogP contribution in [0.3, 0.4) is 0 Å². The first kappa shape index (κ1) is 15.8. The van der Waals surface area contributed by atoms with E-state index in [1.165, 1.54) is 6.07 Å². The Morgan fingerprint density at radius 1 is 1.47 bits per heavy atom. The number of pyridine rings is 1. The molecule has 1 heterocycles. The molecule has 0 aliphatic rings. The molecule has 0 aromatic carbocycles. The number of aliphatic hydroxyl groups is 1. The number of rotatable bonds is 5. The number of carboxylic acids is 1. The molecular formula is C13H19N2O3Si. The van der Waals surface area contributed by atoms with Crippen molar-refractivity contribution in [2.75, 3.05) is 6.54 Å². The largest absolute Gasteiger partial charge is 0.477 e. The number of hydrogen-bond acceptors (Lipinski definition) is 4. The van der Waals surface area contributed by atoms with Crippen molar-refractivity contribution in [2.45, 2.75) is 38.0 Å². The minimum atomic E-state index is -1.10. The van der Waals surface area contributed by atoms with Crippen molar-refractivity contribution in [1.29, 1.82) is 0 Å². The Hall–Kier alpha value is -1.24. The second-order valence-corrected chi connectivity index (χ2v) is 6.18. The van der Waals surface area contributed by atoms with E-state index in [1.54, 1.807) is 12.1 Å². The summed E-state index contributed by atoms with van der Waals surface area (Å²) in [5.41, 5.74) is -0.0355. The molecule has 5 nitrogen and oxygen atoms in total. The Balaban J connectivity index is 2.73. The SMILES string of the molecule is CC(C)(C)NCC([Si])[C@H](O)c1cccc(C(=O)O)n1. The monoisotopic (exact) mass is 279 g/mol. The first-order valence-electron chi connectivity index (χ1n) is 6.05. The summed E-state index contributed by atoms with van der Waals surface area (Å²) in [6.07, 6.45) is -0.870. The van der Waals surface area contributed by atoms with Gasteiger partial charge in [-0.15, -0.1) is 0 Å². The summed E-state index contributed by atoms with van der Waals surface area (Å²) in [5.74, 6) is -1.10. The van der Waals surface area contributed by atoms with Gasteiger partial charge in [0.2, 0.25) is 0 Å². The average Bonchev–Trinajstić information content (AvgIpc) is 2.34. The van der Waals surface area contributed by atoms with E-state index in [-0.39, 0.29) is 16.8 Å². The fourth-order valence-electron chi connectivity index (χ4n) is 1.47. The highest BCUT2D eigenvalue weighted by atomic mass is 28.1. The van der Waals surface area contributed by atoms with Crippen molar-refractivity contribution in [3.05, 3.63) is 29.6 Å². The van der Waals surface area contributed by atoms with Crippen molar-refractivity contribution in [3.8, 4) is 0 Å². The number of aliphatic hydroxyl groups excluding tert-OH is 1. The summed E-state index contributed by atoms with van der Waals surface area (Å²) in [6.45, 7) is 6.63. The van der Waals surface area contributed by atoms with Gasteiger partial charge in [0.05, 0.1) is 11.8 Å². The van der Waals surface area contributed by atoms with Crippen molar-refractivity contribution in [1.82, 2.24) is 10.3 Å². The molecule has 103 valence electrons. The molecule has 0 saturated heterocycles. The Labute approximate surface area is 116 Å². The first-order valence-corrected chi connectivity index (χ1v) is 6.63. The number of aromatic nitrogens is 1. The van der Waals surface area contributed by atoms with Gasteiger partial charge < -0.3 is 15.5 Å². The van der Waals surface area contributed by atoms with Crippen LogP contribution < -0.4 is 5.32 Å². The van der Waals surface area contributed by atoms with Gasteiger partial charge in [0.25, 0.3) is 0 Å². The number of carbonyl (C=O) groups is 1. The molecule has 3 radical (unpaired) electrons. The summed E-state index contributed by atoms with van der Waals surface area (Å²) in [6, 6.07) is 4.58. The molecule has 1 aromatic rings. The van der Waals surface area contributed by atoms with Crippen LogP contribution in [0.25, 0.3) is 0 Å². The van der Waals surface area contributed by atoms with Crippen molar-refractivity contribution < 1.29 is 15.0 Å². The van der Waals surface area contributed by atoms with Gasteiger partial charge in [0.1, 0.15) is 5.69 Å². The third kappa shape index (κ3) is 5.10. The summed E-state index contributed by atoms with van der Waals surface area (Å²) >= 11 is 0. The molecule has 1 aromatic heterocycles. The lowest BCUT2D eigenvalue weighted by Crippen LogP contribution is -2.39. The number of nitrogens with zero attached hydrogens (tertiary/aromatic N) is 1. The van der Waals surface area contributed by atoms with E-state index in [4.69, 9.17) is 5.11 Å². The van der Waals surface area contributed by atoms with Crippen LogP contribution >= 0.6 is 0 Å². The lowest BCUT2D eigenvalue weighted by molar-refractivity contribution is 0.0689. The molecule has 0 spiro atoms. The first-order chi connectivity index (χ1) is 8.70. The van der Waals surface area contributed by atoms with Crippen molar-refractivity contribution in [3.63, 3.8) is 0 Å². The predicted octanol–water partition coefficient (Wildman–Crippen LogP) is 1.16. The van der Waals surface area contributed by atoms with Gasteiger partial charge in [-0.2, -0.15) is 0 Å². The van der Waals surface area contributed by atoms with E-state index in [2.05, 4.69) is 20.5 Å². The van der Waals surface area contributed by atoms with Gasteiger partial charge in [0.15, 0.2) is 0 Å². The van der Waals surface area contributed by atoms with Gasteiger partial charge in [-0.25, -0.2) is 9.78 Å². The molecule has 0 aliphatic carbocycles. The van der Waals surface area contributed by atoms with E-state index in [0.717, 1.165) is 0 Å². The lowest BCUT2D eigenvalue weighted by Gasteiger charge is -2.25. The molecule has 0 saturated carbocycles. The molecule has 0 aliphatic heterocycles. The zero-order valence-corrected chi connectivity index (χ0v) is 12.3. The van der Waals surface area contributed by atoms with Gasteiger partial charge in [-0.3, -0.25) is 0 Å². The van der Waals surface area contributed by atoms with Gasteiger partial charge >= 0.3 is 5.97 Å². The molecular weight excluding hydrogens is 260 g/mol. The molecule has 2 atom stereocenters. The summed E-state index contributed by atoms with van der Waals surface area (Å²) < 4.78 is 0. The topological polar surface area (TPSA) is 82.5 Å². The molecule has 3 N–H and O–H groups in total. The van der Waals surface area contributed by atoms with Crippen LogP contribution in [0.2, 0.25) is 5.54 Å². The van der Waals surface area contributed by atoms with E-state index in [9.17, 15) is 9.90 Å². The van der Waals surface area contributed by atoms with Crippen LogP contribution in [0.15, 0.2) is 18.2 Å². The van der Waals surface area contributed by atoms with Crippen LogP contribution in [0, 0.1) is 0 Å². The standard InChI is InChI=1S/C13H19N2O3Si/c1-13(2,3)14-7-10(19)11(16)8-5-4-6-9(15-8)12(17)18/h4-6,10-11,14,16H,7H2,1-3H3,(H,17,18)/t10?,11-/m1/s1. The zero-order valence-electron chi connectivity index (χ0n) is 11.3. The van der Waals surface area contributed by atoms with E-state index < -0.39 is 12.1 Å². The molecule has 1 rings (SSSR count). The fraction of sp³-hybridized carbons (Fsp3) is 0.538. The molecule has 0 amide bonds. The second kappa shape index (κ2) is 6.27. The number of carboxylic acid groups (broad SMARTS) is 1. The fourth-order valence-corrected chi connectivity index (χ4v) is 1.74. The molecule has 0 bridgehead atoms. The summed E-state index contributed by atoms with van der Waals surface area (Å²) in [4.78, 5) is 14.8. The van der Waals surface area contributed by atoms with Gasteiger partial charge in [-0.05, 0) is 45.0 Å². The van der Waals surface area contributed by atoms with Crippen LogP contribution in [0.5, 0.6) is 0 Å². The quantitative estimate of drug-likeness (QED) is 0.705. The minimum absolute atomic E-state index is 0.0546. The normalized spacial score (nSPS) is 15.0. The third-order valence-corrected chi connectivity index (χ3v) is 3.05. The number of hydrogen-bond donors (Lipinski definition) is 3. The number of nitrogens with one attached hydrogen (secondary N) is 1. The van der Waals surface area contributed by atoms with Gasteiger partial charge in [-0.1, -0.05) is 6.07 Å². The van der Waals surface area contributed by atoms with Crippen molar-refractivity contribution >= 4 is 16.2 Å². The molecule has 19 heavy (non-hydrogen) atoms. The highest BCUT2D eigenvalue weighted by Crippen LogP contribution is 2.22. The number of aromatic carboxylic acids is 1. The van der Waals surface area contributed by atoms with E-state index >= 15 is 0 Å². The Morgan fingerprint density at radius 3 is 2.63 bits per heavy atom. The maximum absolute atomic E-state index is 10.8.